The molecule has 0 aliphatic rings. The summed E-state index contributed by atoms with van der Waals surface area (Å²) in [6, 6.07) is 6.53. The Balaban J connectivity index is 1.78. The normalized spacial score (nSPS) is 10.4. The van der Waals surface area contributed by atoms with Crippen LogP contribution >= 0.6 is 0 Å². The van der Waals surface area contributed by atoms with E-state index in [4.69, 9.17) is 5.73 Å². The molecule has 0 bridgehead atoms. The maximum atomic E-state index is 13.4. The molecule has 0 radical (unpaired) electrons. The fourth-order valence-electron chi connectivity index (χ4n) is 1.57. The number of rotatable bonds is 5. The van der Waals surface area contributed by atoms with Crippen molar-refractivity contribution in [2.24, 2.45) is 0 Å². The molecule has 0 saturated carbocycles. The average molecular weight is 234 g/mol. The van der Waals surface area contributed by atoms with Gasteiger partial charge < -0.3 is 11.1 Å². The lowest BCUT2D eigenvalue weighted by Crippen LogP contribution is -2.08. The van der Waals surface area contributed by atoms with Crippen LogP contribution in [0.3, 0.4) is 0 Å². The highest BCUT2D eigenvalue weighted by atomic mass is 19.1. The van der Waals surface area contributed by atoms with E-state index < -0.39 is 0 Å². The van der Waals surface area contributed by atoms with Crippen LogP contribution in [-0.2, 0) is 6.54 Å². The Hall–Kier alpha value is -2.04. The highest BCUT2D eigenvalue weighted by Gasteiger charge is 2.01. The summed E-state index contributed by atoms with van der Waals surface area (Å²) in [6.07, 6.45) is 4.53. The summed E-state index contributed by atoms with van der Waals surface area (Å²) in [5, 5.41) is 7.12. The number of aryl methyl sites for hydroxylation is 1. The van der Waals surface area contributed by atoms with Gasteiger partial charge in [0.05, 0.1) is 5.69 Å². The largest absolute Gasteiger partial charge is 0.399 e. The second-order valence-corrected chi connectivity index (χ2v) is 3.79. The highest BCUT2D eigenvalue weighted by molar-refractivity contribution is 5.52. The van der Waals surface area contributed by atoms with E-state index in [0.717, 1.165) is 13.0 Å². The maximum absolute atomic E-state index is 13.4. The Morgan fingerprint density at radius 2 is 2.29 bits per heavy atom. The van der Waals surface area contributed by atoms with E-state index in [9.17, 15) is 4.39 Å². The predicted molar refractivity (Wildman–Crippen MR) is 66.1 cm³/mol. The molecule has 0 spiro atoms. The molecule has 0 atom stereocenters. The van der Waals surface area contributed by atoms with E-state index in [1.54, 1.807) is 18.3 Å². The first-order valence-corrected chi connectivity index (χ1v) is 5.52. The number of nitrogens with two attached hydrogens (primary N) is 1. The third-order valence-corrected chi connectivity index (χ3v) is 2.43. The van der Waals surface area contributed by atoms with Crippen molar-refractivity contribution in [2.75, 3.05) is 17.6 Å². The number of hydrogen-bond donors (Lipinski definition) is 2. The standard InChI is InChI=1S/C12H15FN4/c13-11-9-10(14)3-4-12(11)15-5-1-7-17-8-2-6-16-17/h2-4,6,8-9,15H,1,5,7,14H2. The molecular weight excluding hydrogens is 219 g/mol. The molecule has 0 fully saturated rings. The van der Waals surface area contributed by atoms with Crippen molar-refractivity contribution >= 4 is 11.4 Å². The summed E-state index contributed by atoms with van der Waals surface area (Å²) < 4.78 is 15.2. The van der Waals surface area contributed by atoms with Crippen LogP contribution in [0.4, 0.5) is 15.8 Å². The van der Waals surface area contributed by atoms with Crippen molar-refractivity contribution < 1.29 is 4.39 Å². The summed E-state index contributed by atoms with van der Waals surface area (Å²) >= 11 is 0. The van der Waals surface area contributed by atoms with Crippen LogP contribution in [0.5, 0.6) is 0 Å². The maximum Gasteiger partial charge on any atom is 0.148 e. The quantitative estimate of drug-likeness (QED) is 0.615. The molecule has 4 nitrogen and oxygen atoms in total. The van der Waals surface area contributed by atoms with Crippen molar-refractivity contribution in [2.45, 2.75) is 13.0 Å². The zero-order chi connectivity index (χ0) is 12.1. The Labute approximate surface area is 99.2 Å². The number of nitrogens with one attached hydrogen (secondary N) is 1. The Bertz CT molecular complexity index is 467. The molecule has 1 aromatic carbocycles. The molecule has 2 aromatic rings. The Kier molecular flexibility index (Phi) is 3.59. The van der Waals surface area contributed by atoms with Gasteiger partial charge in [-0.05, 0) is 30.7 Å². The van der Waals surface area contributed by atoms with Gasteiger partial charge in [0, 0.05) is 31.2 Å². The van der Waals surface area contributed by atoms with E-state index in [-0.39, 0.29) is 5.82 Å². The van der Waals surface area contributed by atoms with Crippen molar-refractivity contribution in [3.8, 4) is 0 Å². The molecule has 0 aliphatic heterocycles. The molecule has 2 rings (SSSR count). The molecule has 5 heteroatoms. The van der Waals surface area contributed by atoms with Gasteiger partial charge in [0.15, 0.2) is 0 Å². The van der Waals surface area contributed by atoms with Crippen LogP contribution < -0.4 is 11.1 Å². The second kappa shape index (κ2) is 5.34. The van der Waals surface area contributed by atoms with Gasteiger partial charge in [0.1, 0.15) is 5.82 Å². The highest BCUT2D eigenvalue weighted by Crippen LogP contribution is 2.16. The molecule has 1 aromatic heterocycles. The Morgan fingerprint density at radius 3 is 3.00 bits per heavy atom. The number of nitrogen functional groups attached to an aromatic ring is 1. The number of anilines is 2. The first kappa shape index (κ1) is 11.4. The van der Waals surface area contributed by atoms with Gasteiger partial charge in [-0.2, -0.15) is 5.10 Å². The van der Waals surface area contributed by atoms with Gasteiger partial charge in [-0.3, -0.25) is 4.68 Å². The summed E-state index contributed by atoms with van der Waals surface area (Å²) in [7, 11) is 0. The number of hydrogen-bond acceptors (Lipinski definition) is 3. The van der Waals surface area contributed by atoms with Crippen LogP contribution in [-0.4, -0.2) is 16.3 Å². The summed E-state index contributed by atoms with van der Waals surface area (Å²) in [5.41, 5.74) is 6.39. The topological polar surface area (TPSA) is 55.9 Å². The Morgan fingerprint density at radius 1 is 1.41 bits per heavy atom. The van der Waals surface area contributed by atoms with Crippen LogP contribution in [0, 0.1) is 5.82 Å². The zero-order valence-electron chi connectivity index (χ0n) is 9.44. The van der Waals surface area contributed by atoms with Gasteiger partial charge in [0.25, 0.3) is 0 Å². The van der Waals surface area contributed by atoms with Gasteiger partial charge in [0.2, 0.25) is 0 Å². The van der Waals surface area contributed by atoms with E-state index in [0.29, 0.717) is 17.9 Å². The molecule has 3 N–H and O–H groups in total. The number of halogens is 1. The second-order valence-electron chi connectivity index (χ2n) is 3.79. The molecule has 17 heavy (non-hydrogen) atoms. The van der Waals surface area contributed by atoms with Crippen molar-refractivity contribution in [1.82, 2.24) is 9.78 Å². The van der Waals surface area contributed by atoms with E-state index in [1.165, 1.54) is 6.07 Å². The molecule has 0 saturated heterocycles. The van der Waals surface area contributed by atoms with E-state index in [1.807, 2.05) is 16.9 Å². The first-order chi connectivity index (χ1) is 8.25. The monoisotopic (exact) mass is 234 g/mol. The summed E-state index contributed by atoms with van der Waals surface area (Å²) in [5.74, 6) is -0.316. The van der Waals surface area contributed by atoms with Crippen molar-refractivity contribution in [3.05, 3.63) is 42.5 Å². The predicted octanol–water partition coefficient (Wildman–Crippen LogP) is 2.11. The molecule has 1 heterocycles. The SMILES string of the molecule is Nc1ccc(NCCCn2cccn2)c(F)c1. The number of aromatic nitrogens is 2. The van der Waals surface area contributed by atoms with Crippen LogP contribution in [0.1, 0.15) is 6.42 Å². The van der Waals surface area contributed by atoms with Crippen LogP contribution in [0.15, 0.2) is 36.7 Å². The van der Waals surface area contributed by atoms with Gasteiger partial charge in [-0.15, -0.1) is 0 Å². The smallest absolute Gasteiger partial charge is 0.148 e. The first-order valence-electron chi connectivity index (χ1n) is 5.52. The summed E-state index contributed by atoms with van der Waals surface area (Å²) in [6.45, 7) is 1.51. The minimum atomic E-state index is -0.316. The minimum Gasteiger partial charge on any atom is -0.399 e. The van der Waals surface area contributed by atoms with Gasteiger partial charge in [-0.25, -0.2) is 4.39 Å². The lowest BCUT2D eigenvalue weighted by atomic mass is 10.2. The lowest BCUT2D eigenvalue weighted by Gasteiger charge is -2.08. The van der Waals surface area contributed by atoms with Crippen molar-refractivity contribution in [1.29, 1.82) is 0 Å². The molecule has 0 aliphatic carbocycles. The fourth-order valence-corrected chi connectivity index (χ4v) is 1.57. The van der Waals surface area contributed by atoms with Crippen LogP contribution in [0.25, 0.3) is 0 Å². The van der Waals surface area contributed by atoms with E-state index >= 15 is 0 Å². The minimum absolute atomic E-state index is 0.316. The molecule has 0 amide bonds. The van der Waals surface area contributed by atoms with Gasteiger partial charge in [-0.1, -0.05) is 0 Å². The van der Waals surface area contributed by atoms with Crippen molar-refractivity contribution in [3.63, 3.8) is 0 Å². The third-order valence-electron chi connectivity index (χ3n) is 2.43. The third kappa shape index (κ3) is 3.21. The molecule has 0 unspecified atom stereocenters. The van der Waals surface area contributed by atoms with Crippen LogP contribution in [0.2, 0.25) is 0 Å². The average Bonchev–Trinajstić information content (AvgIpc) is 2.79. The number of nitrogens with zero attached hydrogens (tertiary/aromatic N) is 2. The molecular formula is C12H15FN4. The zero-order valence-corrected chi connectivity index (χ0v) is 9.44. The van der Waals surface area contributed by atoms with Gasteiger partial charge >= 0.3 is 0 Å². The fraction of sp³-hybridized carbons (Fsp3) is 0.250. The summed E-state index contributed by atoms with van der Waals surface area (Å²) in [4.78, 5) is 0. The van der Waals surface area contributed by atoms with E-state index in [2.05, 4.69) is 10.4 Å². The number of benzene rings is 1. The molecule has 90 valence electrons. The lowest BCUT2D eigenvalue weighted by molar-refractivity contribution is 0.588.